The van der Waals surface area contributed by atoms with Crippen molar-refractivity contribution in [3.63, 3.8) is 0 Å². The van der Waals surface area contributed by atoms with Gasteiger partial charge in [0.15, 0.2) is 0 Å². The quantitative estimate of drug-likeness (QED) is 0.499. The number of aryl methyl sites for hydroxylation is 1. The summed E-state index contributed by atoms with van der Waals surface area (Å²) < 4.78 is 2.18. The first-order chi connectivity index (χ1) is 16.5. The molecule has 0 saturated heterocycles. The first-order valence-electron chi connectivity index (χ1n) is 12.4. The summed E-state index contributed by atoms with van der Waals surface area (Å²) in [5.41, 5.74) is 5.14. The molecule has 2 aromatic carbocycles. The van der Waals surface area contributed by atoms with Crippen LogP contribution in [0.15, 0.2) is 66.9 Å². The Hall–Kier alpha value is -3.34. The van der Waals surface area contributed by atoms with Crippen LogP contribution in [-0.2, 0) is 9.59 Å². The molecule has 0 N–H and O–H groups in total. The SMILES string of the molecule is Cc1cccc(C2c3cccn3-c3ccccc3N2C(=O)CN(C(=O)C2CCCC2)C(C)C)c1. The van der Waals surface area contributed by atoms with E-state index in [-0.39, 0.29) is 36.4 Å². The first kappa shape index (κ1) is 22.5. The molecule has 1 aliphatic heterocycles. The van der Waals surface area contributed by atoms with Crippen LogP contribution >= 0.6 is 0 Å². The van der Waals surface area contributed by atoms with Crippen LogP contribution < -0.4 is 4.90 Å². The summed E-state index contributed by atoms with van der Waals surface area (Å²) in [6.07, 6.45) is 6.12. The minimum absolute atomic E-state index is 0.0293. The van der Waals surface area contributed by atoms with E-state index in [1.54, 1.807) is 4.90 Å². The van der Waals surface area contributed by atoms with Crippen LogP contribution in [0.25, 0.3) is 5.69 Å². The molecule has 3 aromatic rings. The maximum absolute atomic E-state index is 14.1. The third kappa shape index (κ3) is 3.93. The van der Waals surface area contributed by atoms with E-state index in [0.29, 0.717) is 0 Å². The Morgan fingerprint density at radius 2 is 1.71 bits per heavy atom. The van der Waals surface area contributed by atoms with Crippen molar-refractivity contribution in [1.29, 1.82) is 0 Å². The fraction of sp³-hybridized carbons (Fsp3) is 0.379. The highest BCUT2D eigenvalue weighted by molar-refractivity contribution is 6.00. The van der Waals surface area contributed by atoms with E-state index in [0.717, 1.165) is 53.9 Å². The molecular formula is C29H33N3O2. The molecule has 1 fully saturated rings. The van der Waals surface area contributed by atoms with E-state index < -0.39 is 0 Å². The maximum atomic E-state index is 14.1. The topological polar surface area (TPSA) is 45.6 Å². The number of hydrogen-bond acceptors (Lipinski definition) is 2. The molecule has 2 amide bonds. The lowest BCUT2D eigenvalue weighted by Gasteiger charge is -2.40. The number of hydrogen-bond donors (Lipinski definition) is 0. The van der Waals surface area contributed by atoms with Crippen LogP contribution in [0.3, 0.4) is 0 Å². The molecule has 1 atom stereocenters. The summed E-state index contributed by atoms with van der Waals surface area (Å²) >= 11 is 0. The van der Waals surface area contributed by atoms with Gasteiger partial charge in [0.25, 0.3) is 0 Å². The predicted octanol–water partition coefficient (Wildman–Crippen LogP) is 5.65. The number of carbonyl (C=O) groups is 2. The van der Waals surface area contributed by atoms with Crippen molar-refractivity contribution in [3.05, 3.63) is 83.7 Å². The Bertz CT molecular complexity index is 1210. The van der Waals surface area contributed by atoms with Crippen molar-refractivity contribution in [3.8, 4) is 5.69 Å². The van der Waals surface area contributed by atoms with E-state index >= 15 is 0 Å². The zero-order valence-electron chi connectivity index (χ0n) is 20.3. The second-order valence-electron chi connectivity index (χ2n) is 9.91. The van der Waals surface area contributed by atoms with Gasteiger partial charge in [-0.1, -0.05) is 54.8 Å². The van der Waals surface area contributed by atoms with Crippen LogP contribution in [-0.4, -0.2) is 33.9 Å². The van der Waals surface area contributed by atoms with Crippen molar-refractivity contribution >= 4 is 17.5 Å². The summed E-state index contributed by atoms with van der Waals surface area (Å²) in [7, 11) is 0. The maximum Gasteiger partial charge on any atom is 0.247 e. The lowest BCUT2D eigenvalue weighted by Crippen LogP contribution is -2.49. The lowest BCUT2D eigenvalue weighted by molar-refractivity contribution is -0.140. The molecule has 0 bridgehead atoms. The number of para-hydroxylation sites is 2. The molecule has 2 heterocycles. The van der Waals surface area contributed by atoms with Crippen LogP contribution in [0.5, 0.6) is 0 Å². The average molecular weight is 456 g/mol. The van der Waals surface area contributed by atoms with Gasteiger partial charge in [-0.15, -0.1) is 0 Å². The van der Waals surface area contributed by atoms with Crippen LogP contribution in [0, 0.1) is 12.8 Å². The number of amides is 2. The van der Waals surface area contributed by atoms with E-state index in [1.165, 1.54) is 0 Å². The van der Waals surface area contributed by atoms with E-state index in [1.807, 2.05) is 49.1 Å². The van der Waals surface area contributed by atoms with Crippen molar-refractivity contribution in [1.82, 2.24) is 9.47 Å². The summed E-state index contributed by atoms with van der Waals surface area (Å²) in [4.78, 5) is 31.2. The fourth-order valence-corrected chi connectivity index (χ4v) is 5.56. The number of anilines is 1. The highest BCUT2D eigenvalue weighted by Gasteiger charge is 2.38. The number of rotatable bonds is 5. The van der Waals surface area contributed by atoms with Crippen molar-refractivity contribution in [2.75, 3.05) is 11.4 Å². The molecule has 5 rings (SSSR count). The molecule has 2 aliphatic rings. The number of aromatic nitrogens is 1. The van der Waals surface area contributed by atoms with Gasteiger partial charge in [-0.25, -0.2) is 0 Å². The minimum Gasteiger partial charge on any atom is -0.331 e. The number of benzene rings is 2. The Morgan fingerprint density at radius 3 is 2.41 bits per heavy atom. The molecule has 1 saturated carbocycles. The Labute approximate surface area is 202 Å². The van der Waals surface area contributed by atoms with Crippen molar-refractivity contribution in [2.45, 2.75) is 58.5 Å². The van der Waals surface area contributed by atoms with Gasteiger partial charge < -0.3 is 9.47 Å². The second-order valence-corrected chi connectivity index (χ2v) is 9.91. The van der Waals surface area contributed by atoms with Gasteiger partial charge in [-0.3, -0.25) is 14.5 Å². The summed E-state index contributed by atoms with van der Waals surface area (Å²) in [6, 6.07) is 20.2. The number of carbonyl (C=O) groups excluding carboxylic acids is 2. The molecule has 0 spiro atoms. The third-order valence-corrected chi connectivity index (χ3v) is 7.26. The van der Waals surface area contributed by atoms with Crippen LogP contribution in [0.4, 0.5) is 5.69 Å². The van der Waals surface area contributed by atoms with E-state index in [9.17, 15) is 9.59 Å². The molecule has 176 valence electrons. The average Bonchev–Trinajstić information content (AvgIpc) is 3.53. The minimum atomic E-state index is -0.257. The Morgan fingerprint density at radius 1 is 0.971 bits per heavy atom. The van der Waals surface area contributed by atoms with Gasteiger partial charge in [0, 0.05) is 18.2 Å². The molecule has 1 aromatic heterocycles. The van der Waals surface area contributed by atoms with E-state index in [2.05, 4.69) is 48.0 Å². The summed E-state index contributed by atoms with van der Waals surface area (Å²) in [5.74, 6) is 0.127. The second kappa shape index (κ2) is 9.13. The van der Waals surface area contributed by atoms with Gasteiger partial charge >= 0.3 is 0 Å². The van der Waals surface area contributed by atoms with Gasteiger partial charge in [-0.2, -0.15) is 0 Å². The zero-order chi connectivity index (χ0) is 23.8. The van der Waals surface area contributed by atoms with Crippen LogP contribution in [0.2, 0.25) is 0 Å². The van der Waals surface area contributed by atoms with Gasteiger partial charge in [0.1, 0.15) is 12.6 Å². The van der Waals surface area contributed by atoms with Gasteiger partial charge in [0.2, 0.25) is 11.8 Å². The van der Waals surface area contributed by atoms with Gasteiger partial charge in [0.05, 0.1) is 17.1 Å². The predicted molar refractivity (Wildman–Crippen MR) is 135 cm³/mol. The highest BCUT2D eigenvalue weighted by Crippen LogP contribution is 2.42. The zero-order valence-corrected chi connectivity index (χ0v) is 20.3. The molecule has 1 aliphatic carbocycles. The molecule has 5 heteroatoms. The van der Waals surface area contributed by atoms with Crippen LogP contribution in [0.1, 0.15) is 62.4 Å². The molecule has 0 radical (unpaired) electrons. The fourth-order valence-electron chi connectivity index (χ4n) is 5.56. The van der Waals surface area contributed by atoms with Crippen molar-refractivity contribution < 1.29 is 9.59 Å². The molecule has 34 heavy (non-hydrogen) atoms. The standard InChI is InChI=1S/C29H33N3O2/c1-20(2)31(29(34)22-11-4-5-12-22)19-27(33)32-25-15-7-6-14-24(25)30-17-9-16-26(30)28(32)23-13-8-10-21(3)18-23/h6-10,13-18,20,22,28H,4-5,11-12,19H2,1-3H3. The van der Waals surface area contributed by atoms with Crippen molar-refractivity contribution in [2.24, 2.45) is 5.92 Å². The Balaban J connectivity index is 1.57. The summed E-state index contributed by atoms with van der Waals surface area (Å²) in [5, 5.41) is 0. The highest BCUT2D eigenvalue weighted by atomic mass is 16.2. The third-order valence-electron chi connectivity index (χ3n) is 7.26. The number of fused-ring (bicyclic) bond motifs is 3. The smallest absolute Gasteiger partial charge is 0.247 e. The number of nitrogens with zero attached hydrogens (tertiary/aromatic N) is 3. The molecule has 5 nitrogen and oxygen atoms in total. The van der Waals surface area contributed by atoms with Gasteiger partial charge in [-0.05, 0) is 63.4 Å². The molecule has 1 unspecified atom stereocenters. The lowest BCUT2D eigenvalue weighted by atomic mass is 9.96. The molecular weight excluding hydrogens is 422 g/mol. The Kier molecular flexibility index (Phi) is 6.03. The normalized spacial score (nSPS) is 17.5. The largest absolute Gasteiger partial charge is 0.331 e. The first-order valence-corrected chi connectivity index (χ1v) is 12.4. The van der Waals surface area contributed by atoms with E-state index in [4.69, 9.17) is 0 Å². The monoisotopic (exact) mass is 455 g/mol. The summed E-state index contributed by atoms with van der Waals surface area (Å²) in [6.45, 7) is 6.18.